The SMILES string of the molecule is CC(C)N1CCOCC1OC=O. The molecule has 0 bridgehead atoms. The Morgan fingerprint density at radius 1 is 1.67 bits per heavy atom. The van der Waals surface area contributed by atoms with E-state index in [0.29, 0.717) is 19.1 Å². The van der Waals surface area contributed by atoms with E-state index in [1.54, 1.807) is 0 Å². The quantitative estimate of drug-likeness (QED) is 0.572. The molecule has 1 unspecified atom stereocenters. The molecule has 12 heavy (non-hydrogen) atoms. The van der Waals surface area contributed by atoms with E-state index in [0.717, 1.165) is 13.2 Å². The van der Waals surface area contributed by atoms with Crippen LogP contribution in [-0.2, 0) is 14.3 Å². The average molecular weight is 173 g/mol. The molecule has 0 aromatic rings. The van der Waals surface area contributed by atoms with Gasteiger partial charge in [0.25, 0.3) is 6.47 Å². The van der Waals surface area contributed by atoms with Gasteiger partial charge in [0.1, 0.15) is 0 Å². The molecule has 1 atom stereocenters. The van der Waals surface area contributed by atoms with E-state index >= 15 is 0 Å². The molecular formula is C8H15NO3. The fraction of sp³-hybridized carbons (Fsp3) is 0.875. The average Bonchev–Trinajstić information content (AvgIpc) is 2.05. The Labute approximate surface area is 72.4 Å². The van der Waals surface area contributed by atoms with Gasteiger partial charge in [-0.05, 0) is 13.8 Å². The van der Waals surface area contributed by atoms with Gasteiger partial charge in [-0.1, -0.05) is 0 Å². The zero-order valence-corrected chi connectivity index (χ0v) is 7.53. The maximum Gasteiger partial charge on any atom is 0.294 e. The summed E-state index contributed by atoms with van der Waals surface area (Å²) in [6.45, 7) is 6.66. The number of carbonyl (C=O) groups excluding carboxylic acids is 1. The van der Waals surface area contributed by atoms with Crippen LogP contribution in [-0.4, -0.2) is 43.4 Å². The summed E-state index contributed by atoms with van der Waals surface area (Å²) < 4.78 is 10.1. The topological polar surface area (TPSA) is 38.8 Å². The first-order valence-corrected chi connectivity index (χ1v) is 4.18. The Balaban J connectivity index is 2.47. The van der Waals surface area contributed by atoms with E-state index < -0.39 is 0 Å². The van der Waals surface area contributed by atoms with Crippen molar-refractivity contribution < 1.29 is 14.3 Å². The van der Waals surface area contributed by atoms with Crippen molar-refractivity contribution in [1.82, 2.24) is 4.90 Å². The highest BCUT2D eigenvalue weighted by atomic mass is 16.6. The minimum Gasteiger partial charge on any atom is -0.446 e. The number of morpholine rings is 1. The highest BCUT2D eigenvalue weighted by molar-refractivity contribution is 5.37. The lowest BCUT2D eigenvalue weighted by Gasteiger charge is -2.36. The summed E-state index contributed by atoms with van der Waals surface area (Å²) in [6.07, 6.45) is -0.198. The fourth-order valence-electron chi connectivity index (χ4n) is 1.37. The Hall–Kier alpha value is -0.610. The van der Waals surface area contributed by atoms with Crippen molar-refractivity contribution in [3.63, 3.8) is 0 Å². The predicted molar refractivity (Wildman–Crippen MR) is 43.6 cm³/mol. The first kappa shape index (κ1) is 9.48. The molecule has 1 aliphatic heterocycles. The highest BCUT2D eigenvalue weighted by Gasteiger charge is 2.25. The first-order valence-electron chi connectivity index (χ1n) is 4.18. The van der Waals surface area contributed by atoms with Crippen LogP contribution in [0.1, 0.15) is 13.8 Å². The minimum atomic E-state index is -0.198. The van der Waals surface area contributed by atoms with Gasteiger partial charge in [-0.3, -0.25) is 9.69 Å². The molecule has 0 spiro atoms. The summed E-state index contributed by atoms with van der Waals surface area (Å²) in [5.41, 5.74) is 0. The van der Waals surface area contributed by atoms with Gasteiger partial charge >= 0.3 is 0 Å². The van der Waals surface area contributed by atoms with Crippen molar-refractivity contribution in [2.45, 2.75) is 26.1 Å². The van der Waals surface area contributed by atoms with Crippen LogP contribution in [0, 0.1) is 0 Å². The fourth-order valence-corrected chi connectivity index (χ4v) is 1.37. The summed E-state index contributed by atoms with van der Waals surface area (Å²) in [6, 6.07) is 0.388. The zero-order chi connectivity index (χ0) is 8.97. The van der Waals surface area contributed by atoms with Gasteiger partial charge in [0.05, 0.1) is 13.2 Å². The molecule has 0 amide bonds. The summed E-state index contributed by atoms with van der Waals surface area (Å²) in [5.74, 6) is 0. The van der Waals surface area contributed by atoms with E-state index in [4.69, 9.17) is 9.47 Å². The van der Waals surface area contributed by atoms with Crippen molar-refractivity contribution >= 4 is 6.47 Å². The summed E-state index contributed by atoms with van der Waals surface area (Å²) in [7, 11) is 0. The standard InChI is InChI=1S/C8H15NO3/c1-7(2)9-3-4-11-5-8(9)12-6-10/h6-8H,3-5H2,1-2H3. The van der Waals surface area contributed by atoms with Crippen molar-refractivity contribution in [2.75, 3.05) is 19.8 Å². The van der Waals surface area contributed by atoms with Gasteiger partial charge in [0, 0.05) is 12.6 Å². The van der Waals surface area contributed by atoms with Crippen LogP contribution in [0.5, 0.6) is 0 Å². The molecule has 0 radical (unpaired) electrons. The molecule has 4 heteroatoms. The maximum atomic E-state index is 10.1. The van der Waals surface area contributed by atoms with E-state index in [9.17, 15) is 4.79 Å². The lowest BCUT2D eigenvalue weighted by atomic mass is 10.3. The van der Waals surface area contributed by atoms with Crippen LogP contribution < -0.4 is 0 Å². The number of hydrogen-bond donors (Lipinski definition) is 0. The number of carbonyl (C=O) groups is 1. The second-order valence-electron chi connectivity index (χ2n) is 3.09. The van der Waals surface area contributed by atoms with Crippen LogP contribution in [0.4, 0.5) is 0 Å². The highest BCUT2D eigenvalue weighted by Crippen LogP contribution is 2.10. The molecular weight excluding hydrogens is 158 g/mol. The molecule has 1 fully saturated rings. The molecule has 1 rings (SSSR count). The van der Waals surface area contributed by atoms with Crippen LogP contribution >= 0.6 is 0 Å². The van der Waals surface area contributed by atoms with Gasteiger partial charge in [-0.2, -0.15) is 0 Å². The van der Waals surface area contributed by atoms with Gasteiger partial charge < -0.3 is 9.47 Å². The Bertz CT molecular complexity index is 149. The van der Waals surface area contributed by atoms with E-state index in [2.05, 4.69) is 18.7 Å². The smallest absolute Gasteiger partial charge is 0.294 e. The lowest BCUT2D eigenvalue weighted by Crippen LogP contribution is -2.50. The van der Waals surface area contributed by atoms with Gasteiger partial charge in [-0.25, -0.2) is 0 Å². The Kier molecular flexibility index (Phi) is 3.49. The number of nitrogens with zero attached hydrogens (tertiary/aromatic N) is 1. The lowest BCUT2D eigenvalue weighted by molar-refractivity contribution is -0.165. The van der Waals surface area contributed by atoms with Crippen LogP contribution in [0.3, 0.4) is 0 Å². The third kappa shape index (κ3) is 2.19. The monoisotopic (exact) mass is 173 g/mol. The normalized spacial score (nSPS) is 25.8. The maximum absolute atomic E-state index is 10.1. The minimum absolute atomic E-state index is 0.198. The zero-order valence-electron chi connectivity index (χ0n) is 7.53. The number of rotatable bonds is 3. The molecule has 0 saturated carbocycles. The van der Waals surface area contributed by atoms with Crippen LogP contribution in [0.25, 0.3) is 0 Å². The molecule has 1 saturated heterocycles. The van der Waals surface area contributed by atoms with Crippen molar-refractivity contribution in [3.8, 4) is 0 Å². The number of ether oxygens (including phenoxy) is 2. The second kappa shape index (κ2) is 4.42. The van der Waals surface area contributed by atoms with Gasteiger partial charge in [-0.15, -0.1) is 0 Å². The molecule has 0 N–H and O–H groups in total. The van der Waals surface area contributed by atoms with Crippen molar-refractivity contribution in [1.29, 1.82) is 0 Å². The first-order chi connectivity index (χ1) is 5.75. The number of hydrogen-bond acceptors (Lipinski definition) is 4. The predicted octanol–water partition coefficient (Wildman–Crippen LogP) is 0.226. The van der Waals surface area contributed by atoms with Gasteiger partial charge in [0.2, 0.25) is 0 Å². The Morgan fingerprint density at radius 3 is 3.00 bits per heavy atom. The van der Waals surface area contributed by atoms with Crippen LogP contribution in [0.2, 0.25) is 0 Å². The van der Waals surface area contributed by atoms with E-state index in [1.165, 1.54) is 0 Å². The van der Waals surface area contributed by atoms with E-state index in [1.807, 2.05) is 0 Å². The van der Waals surface area contributed by atoms with Crippen LogP contribution in [0.15, 0.2) is 0 Å². The third-order valence-electron chi connectivity index (χ3n) is 2.00. The van der Waals surface area contributed by atoms with Gasteiger partial charge in [0.15, 0.2) is 6.23 Å². The largest absolute Gasteiger partial charge is 0.446 e. The summed E-state index contributed by atoms with van der Waals surface area (Å²) >= 11 is 0. The molecule has 0 aromatic heterocycles. The molecule has 0 aliphatic carbocycles. The molecule has 1 aliphatic rings. The third-order valence-corrected chi connectivity index (χ3v) is 2.00. The molecule has 1 heterocycles. The van der Waals surface area contributed by atoms with E-state index in [-0.39, 0.29) is 6.23 Å². The summed E-state index contributed by atoms with van der Waals surface area (Å²) in [4.78, 5) is 12.2. The van der Waals surface area contributed by atoms with Crippen molar-refractivity contribution in [3.05, 3.63) is 0 Å². The molecule has 4 nitrogen and oxygen atoms in total. The Morgan fingerprint density at radius 2 is 2.42 bits per heavy atom. The second-order valence-corrected chi connectivity index (χ2v) is 3.09. The van der Waals surface area contributed by atoms with Crippen molar-refractivity contribution in [2.24, 2.45) is 0 Å². The molecule has 0 aromatic carbocycles. The molecule has 70 valence electrons. The summed E-state index contributed by atoms with van der Waals surface area (Å²) in [5, 5.41) is 0.